The van der Waals surface area contributed by atoms with Gasteiger partial charge in [0.05, 0.1) is 0 Å². The zero-order chi connectivity index (χ0) is 6.41. The van der Waals surface area contributed by atoms with Gasteiger partial charge in [-0.05, 0) is 6.42 Å². The maximum Gasteiger partial charge on any atom is 0.207 e. The van der Waals surface area contributed by atoms with Crippen molar-refractivity contribution < 1.29 is 4.92 Å². The zero-order valence-corrected chi connectivity index (χ0v) is 4.96. The molecule has 0 aromatic rings. The molecule has 8 heavy (non-hydrogen) atoms. The highest BCUT2D eigenvalue weighted by Gasteiger charge is 1.93. The Morgan fingerprint density at radius 2 is 2.38 bits per heavy atom. The van der Waals surface area contributed by atoms with Crippen LogP contribution in [0.15, 0.2) is 0 Å². The molecule has 0 heterocycles. The van der Waals surface area contributed by atoms with Crippen molar-refractivity contribution >= 4 is 0 Å². The number of hydrogen-bond donors (Lipinski definition) is 0. The van der Waals surface area contributed by atoms with Crippen LogP contribution in [0.25, 0.3) is 0 Å². The van der Waals surface area contributed by atoms with E-state index >= 15 is 0 Å². The van der Waals surface area contributed by atoms with Gasteiger partial charge in [0.2, 0.25) is 6.54 Å². The van der Waals surface area contributed by atoms with Crippen LogP contribution in [0.5, 0.6) is 0 Å². The van der Waals surface area contributed by atoms with Crippen LogP contribution < -0.4 is 0 Å². The van der Waals surface area contributed by atoms with Crippen LogP contribution in [0.1, 0.15) is 19.8 Å². The maximum atomic E-state index is 9.65. The first-order chi connectivity index (χ1) is 3.77. The number of nitrogens with zero attached hydrogens (tertiary/aromatic N) is 1. The van der Waals surface area contributed by atoms with Crippen LogP contribution in [-0.4, -0.2) is 11.5 Å². The van der Waals surface area contributed by atoms with Crippen molar-refractivity contribution in [1.82, 2.24) is 0 Å². The van der Waals surface area contributed by atoms with E-state index in [1.807, 2.05) is 6.92 Å². The van der Waals surface area contributed by atoms with Crippen molar-refractivity contribution in [3.63, 3.8) is 0 Å². The summed E-state index contributed by atoms with van der Waals surface area (Å²) in [4.78, 5) is 9.32. The molecule has 0 saturated carbocycles. The molecule has 0 rings (SSSR count). The number of rotatable bonds is 4. The highest BCUT2D eigenvalue weighted by Crippen LogP contribution is 1.90. The molecule has 0 bridgehead atoms. The minimum absolute atomic E-state index is 0.00778. The lowest BCUT2D eigenvalue weighted by atomic mass is 10.3. The number of hydrogen-bond acceptors (Lipinski definition) is 2. The van der Waals surface area contributed by atoms with Crippen LogP contribution in [0.3, 0.4) is 0 Å². The number of unbranched alkanes of at least 4 members (excludes halogenated alkanes) is 2. The zero-order valence-electron chi connectivity index (χ0n) is 4.96. The van der Waals surface area contributed by atoms with Crippen LogP contribution >= 0.6 is 0 Å². The van der Waals surface area contributed by atoms with Gasteiger partial charge in [0.25, 0.3) is 0 Å². The van der Waals surface area contributed by atoms with Crippen LogP contribution in [0.2, 0.25) is 0 Å². The fraction of sp³-hybridized carbons (Fsp3) is 0.800. The molecule has 0 amide bonds. The smallest absolute Gasteiger partial charge is 0.207 e. The van der Waals surface area contributed by atoms with E-state index in [0.29, 0.717) is 0 Å². The molecule has 3 heteroatoms. The Balaban J connectivity index is 2.82. The van der Waals surface area contributed by atoms with Gasteiger partial charge in [-0.15, -0.1) is 0 Å². The number of nitro groups is 1. The van der Waals surface area contributed by atoms with Crippen molar-refractivity contribution in [2.24, 2.45) is 0 Å². The molecular weight excluding hydrogens is 106 g/mol. The van der Waals surface area contributed by atoms with Gasteiger partial charge in [-0.3, -0.25) is 10.1 Å². The summed E-state index contributed by atoms with van der Waals surface area (Å²) >= 11 is 0. The highest BCUT2D eigenvalue weighted by atomic mass is 16.6. The fourth-order valence-corrected chi connectivity index (χ4v) is 0.401. The second-order valence-electron chi connectivity index (χ2n) is 1.59. The molecule has 0 spiro atoms. The van der Waals surface area contributed by atoms with Gasteiger partial charge in [0, 0.05) is 11.3 Å². The Kier molecular flexibility index (Phi) is 4.21. The first-order valence-corrected chi connectivity index (χ1v) is 2.70. The summed E-state index contributed by atoms with van der Waals surface area (Å²) in [6.45, 7) is 2.00. The van der Waals surface area contributed by atoms with Gasteiger partial charge in [-0.25, -0.2) is 0 Å². The second kappa shape index (κ2) is 4.56. The average molecular weight is 116 g/mol. The Labute approximate surface area is 48.9 Å². The van der Waals surface area contributed by atoms with Crippen LogP contribution in [-0.2, 0) is 0 Å². The quantitative estimate of drug-likeness (QED) is 0.315. The van der Waals surface area contributed by atoms with E-state index in [1.165, 1.54) is 0 Å². The summed E-state index contributed by atoms with van der Waals surface area (Å²) in [5.74, 6) is 0. The third-order valence-electron chi connectivity index (χ3n) is 0.771. The van der Waals surface area contributed by atoms with E-state index < -0.39 is 0 Å². The molecule has 0 aromatic heterocycles. The van der Waals surface area contributed by atoms with E-state index in [0.717, 1.165) is 12.8 Å². The standard InChI is InChI=1S/C5H10NO2/c1-2-3-4-5-6(7)8/h4H,2-3,5H2,1H3. The molecule has 0 aliphatic rings. The van der Waals surface area contributed by atoms with Gasteiger partial charge in [-0.2, -0.15) is 0 Å². The third kappa shape index (κ3) is 5.40. The summed E-state index contributed by atoms with van der Waals surface area (Å²) in [5.41, 5.74) is 0. The molecule has 0 aliphatic carbocycles. The van der Waals surface area contributed by atoms with Gasteiger partial charge >= 0.3 is 0 Å². The largest absolute Gasteiger partial charge is 0.265 e. The summed E-state index contributed by atoms with van der Waals surface area (Å²) < 4.78 is 0. The molecule has 0 aromatic carbocycles. The highest BCUT2D eigenvalue weighted by molar-refractivity contribution is 4.59. The van der Waals surface area contributed by atoms with Crippen LogP contribution in [0.4, 0.5) is 0 Å². The lowest BCUT2D eigenvalue weighted by Gasteiger charge is -1.88. The molecule has 47 valence electrons. The Hall–Kier alpha value is -0.600. The molecule has 3 nitrogen and oxygen atoms in total. The molecule has 1 radical (unpaired) electrons. The van der Waals surface area contributed by atoms with Crippen molar-refractivity contribution in [1.29, 1.82) is 0 Å². The first-order valence-electron chi connectivity index (χ1n) is 2.70. The Morgan fingerprint density at radius 3 is 2.75 bits per heavy atom. The molecule has 0 fully saturated rings. The van der Waals surface area contributed by atoms with E-state index in [1.54, 1.807) is 6.42 Å². The monoisotopic (exact) mass is 116 g/mol. The van der Waals surface area contributed by atoms with Crippen molar-refractivity contribution in [3.05, 3.63) is 16.5 Å². The summed E-state index contributed by atoms with van der Waals surface area (Å²) in [6, 6.07) is 0. The summed E-state index contributed by atoms with van der Waals surface area (Å²) in [6.07, 6.45) is 3.52. The minimum atomic E-state index is -0.324. The lowest BCUT2D eigenvalue weighted by Crippen LogP contribution is -1.99. The van der Waals surface area contributed by atoms with Gasteiger partial charge in [-0.1, -0.05) is 13.3 Å². The predicted octanol–water partition coefficient (Wildman–Crippen LogP) is 1.27. The summed E-state index contributed by atoms with van der Waals surface area (Å²) in [5, 5.41) is 9.65. The molecule has 0 saturated heterocycles. The van der Waals surface area contributed by atoms with E-state index in [4.69, 9.17) is 0 Å². The molecule has 0 atom stereocenters. The van der Waals surface area contributed by atoms with Crippen molar-refractivity contribution in [2.45, 2.75) is 19.8 Å². The lowest BCUT2D eigenvalue weighted by molar-refractivity contribution is -0.472. The SMILES string of the molecule is CCC[CH]C[N+](=O)[O-]. The molecule has 0 aliphatic heterocycles. The Bertz CT molecular complexity index is 72.8. The first kappa shape index (κ1) is 7.40. The Morgan fingerprint density at radius 1 is 1.75 bits per heavy atom. The molecule has 0 N–H and O–H groups in total. The third-order valence-corrected chi connectivity index (χ3v) is 0.771. The van der Waals surface area contributed by atoms with E-state index in [9.17, 15) is 10.1 Å². The van der Waals surface area contributed by atoms with Gasteiger partial charge in [0.1, 0.15) is 0 Å². The van der Waals surface area contributed by atoms with Crippen molar-refractivity contribution in [2.75, 3.05) is 6.54 Å². The normalized spacial score (nSPS) is 9.12. The van der Waals surface area contributed by atoms with Gasteiger partial charge < -0.3 is 0 Å². The predicted molar refractivity (Wildman–Crippen MR) is 31.1 cm³/mol. The topological polar surface area (TPSA) is 43.1 Å². The summed E-state index contributed by atoms with van der Waals surface area (Å²) in [7, 11) is 0. The maximum absolute atomic E-state index is 9.65. The van der Waals surface area contributed by atoms with Gasteiger partial charge in [0.15, 0.2) is 0 Å². The van der Waals surface area contributed by atoms with E-state index in [2.05, 4.69) is 0 Å². The molecule has 0 unspecified atom stereocenters. The fourth-order valence-electron chi connectivity index (χ4n) is 0.401. The van der Waals surface area contributed by atoms with Crippen LogP contribution in [0, 0.1) is 16.5 Å². The average Bonchev–Trinajstić information content (AvgIpc) is 1.66. The molecular formula is C5H10NO2. The second-order valence-corrected chi connectivity index (χ2v) is 1.59. The van der Waals surface area contributed by atoms with E-state index in [-0.39, 0.29) is 11.5 Å². The minimum Gasteiger partial charge on any atom is -0.265 e. The van der Waals surface area contributed by atoms with Crippen molar-refractivity contribution in [3.8, 4) is 0 Å².